The van der Waals surface area contributed by atoms with Crippen molar-refractivity contribution in [2.24, 2.45) is 0 Å². The molecular weight excluding hydrogens is 496 g/mol. The third-order valence-corrected chi connectivity index (χ3v) is 6.66. The van der Waals surface area contributed by atoms with Gasteiger partial charge < -0.3 is 23.8 Å². The first-order valence-electron chi connectivity index (χ1n) is 12.6. The van der Waals surface area contributed by atoms with Crippen LogP contribution in [0.5, 0.6) is 0 Å². The molecule has 2 unspecified atom stereocenters. The van der Waals surface area contributed by atoms with Gasteiger partial charge in [-0.1, -0.05) is 6.07 Å². The normalized spacial score (nSPS) is 17.3. The van der Waals surface area contributed by atoms with Crippen LogP contribution in [-0.4, -0.2) is 117 Å². The van der Waals surface area contributed by atoms with E-state index in [0.717, 1.165) is 11.4 Å². The lowest BCUT2D eigenvalue weighted by molar-refractivity contribution is -0.150. The molecule has 0 spiro atoms. The smallest absolute Gasteiger partial charge is 0.323 e. The van der Waals surface area contributed by atoms with Crippen LogP contribution >= 0.6 is 0 Å². The number of aromatic nitrogens is 1. The number of nitrogens with zero attached hydrogens (tertiary/aromatic N) is 4. The van der Waals surface area contributed by atoms with Crippen LogP contribution in [-0.2, 0) is 51.2 Å². The second-order valence-electron chi connectivity index (χ2n) is 9.17. The molecule has 12 nitrogen and oxygen atoms in total. The van der Waals surface area contributed by atoms with E-state index in [2.05, 4.69) is 4.90 Å². The number of fused-ring (bicyclic) bond motifs is 2. The Balaban J connectivity index is 2.35. The molecular formula is C26H40N4O8. The quantitative estimate of drug-likeness (QED) is 0.307. The van der Waals surface area contributed by atoms with Gasteiger partial charge in [0.15, 0.2) is 0 Å². The van der Waals surface area contributed by atoms with E-state index in [-0.39, 0.29) is 25.7 Å². The topological polar surface area (TPSA) is 128 Å². The lowest BCUT2D eigenvalue weighted by atomic mass is 10.1. The highest BCUT2D eigenvalue weighted by atomic mass is 16.5. The Labute approximate surface area is 224 Å². The molecule has 0 saturated heterocycles. The highest BCUT2D eigenvalue weighted by Gasteiger charge is 2.31. The van der Waals surface area contributed by atoms with Crippen molar-refractivity contribution < 1.29 is 38.1 Å². The Morgan fingerprint density at radius 3 is 1.53 bits per heavy atom. The molecule has 0 aliphatic carbocycles. The molecule has 2 rings (SSSR count). The third kappa shape index (κ3) is 9.66. The van der Waals surface area contributed by atoms with Crippen molar-refractivity contribution in [2.45, 2.75) is 50.9 Å². The fourth-order valence-electron chi connectivity index (χ4n) is 4.41. The summed E-state index contributed by atoms with van der Waals surface area (Å²) in [5.41, 5.74) is 1.48. The zero-order valence-corrected chi connectivity index (χ0v) is 23.0. The minimum atomic E-state index is -0.639. The van der Waals surface area contributed by atoms with Gasteiger partial charge in [-0.2, -0.15) is 0 Å². The standard InChI is InChI=1S/C26H40N4O8/c1-28-13-15-29(21(25(33)37-4)9-11-23(31)35-2)17-19-7-6-8-20(27-19)18-30(16-14-28)22(26(34)38-5)10-12-24(32)36-3/h6-8,21-22H,9-18H2,1-5H3. The summed E-state index contributed by atoms with van der Waals surface area (Å²) >= 11 is 0. The minimum Gasteiger partial charge on any atom is -0.469 e. The van der Waals surface area contributed by atoms with Crippen LogP contribution in [0.3, 0.4) is 0 Å². The van der Waals surface area contributed by atoms with Gasteiger partial charge in [-0.3, -0.25) is 34.0 Å². The van der Waals surface area contributed by atoms with Crippen LogP contribution in [0.25, 0.3) is 0 Å². The number of carbonyl (C=O) groups is 4. The van der Waals surface area contributed by atoms with Crippen LogP contribution in [0.1, 0.15) is 37.1 Å². The summed E-state index contributed by atoms with van der Waals surface area (Å²) in [4.78, 5) is 59.8. The van der Waals surface area contributed by atoms with E-state index in [1.165, 1.54) is 28.4 Å². The average molecular weight is 537 g/mol. The van der Waals surface area contributed by atoms with E-state index in [1.807, 2.05) is 35.0 Å². The second-order valence-corrected chi connectivity index (χ2v) is 9.17. The SMILES string of the molecule is COC(=O)CCC(C(=O)OC)N1CCN(C)CCN(C(CCC(=O)OC)C(=O)OC)Cc2cccc(n2)C1. The van der Waals surface area contributed by atoms with Crippen molar-refractivity contribution in [2.75, 3.05) is 61.7 Å². The average Bonchev–Trinajstić information content (AvgIpc) is 2.93. The first-order valence-corrected chi connectivity index (χ1v) is 12.6. The number of hydrogen-bond acceptors (Lipinski definition) is 12. The van der Waals surface area contributed by atoms with Gasteiger partial charge in [-0.15, -0.1) is 0 Å². The van der Waals surface area contributed by atoms with Crippen LogP contribution in [0.2, 0.25) is 0 Å². The summed E-state index contributed by atoms with van der Waals surface area (Å²) in [7, 11) is 7.27. The van der Waals surface area contributed by atoms with Gasteiger partial charge in [0.05, 0.1) is 39.8 Å². The van der Waals surface area contributed by atoms with E-state index >= 15 is 0 Å². The molecule has 2 bridgehead atoms. The Kier molecular flexibility index (Phi) is 13.1. The molecule has 212 valence electrons. The van der Waals surface area contributed by atoms with Gasteiger partial charge in [0, 0.05) is 52.1 Å². The van der Waals surface area contributed by atoms with E-state index in [4.69, 9.17) is 23.9 Å². The zero-order valence-electron chi connectivity index (χ0n) is 23.0. The fourth-order valence-corrected chi connectivity index (χ4v) is 4.41. The lowest BCUT2D eigenvalue weighted by Crippen LogP contribution is -2.48. The number of methoxy groups -OCH3 is 4. The van der Waals surface area contributed by atoms with Gasteiger partial charge in [-0.25, -0.2) is 0 Å². The number of esters is 4. The summed E-state index contributed by atoms with van der Waals surface area (Å²) < 4.78 is 19.6. The molecule has 12 heteroatoms. The maximum absolute atomic E-state index is 12.7. The number of rotatable bonds is 10. The van der Waals surface area contributed by atoms with E-state index < -0.39 is 36.0 Å². The Morgan fingerprint density at radius 2 is 1.16 bits per heavy atom. The van der Waals surface area contributed by atoms with E-state index in [0.29, 0.717) is 39.3 Å². The van der Waals surface area contributed by atoms with Crippen molar-refractivity contribution in [1.82, 2.24) is 19.7 Å². The van der Waals surface area contributed by atoms with Gasteiger partial charge in [0.2, 0.25) is 0 Å². The van der Waals surface area contributed by atoms with Crippen molar-refractivity contribution >= 4 is 23.9 Å². The van der Waals surface area contributed by atoms with Crippen molar-refractivity contribution in [3.8, 4) is 0 Å². The lowest BCUT2D eigenvalue weighted by Gasteiger charge is -2.34. The summed E-state index contributed by atoms with van der Waals surface area (Å²) in [5.74, 6) is -1.62. The molecule has 1 aromatic heterocycles. The van der Waals surface area contributed by atoms with Crippen molar-refractivity contribution in [1.29, 1.82) is 0 Å². The molecule has 38 heavy (non-hydrogen) atoms. The minimum absolute atomic E-state index is 0.0888. The first-order chi connectivity index (χ1) is 18.2. The maximum atomic E-state index is 12.7. The molecule has 2 heterocycles. The number of carbonyl (C=O) groups excluding carboxylic acids is 4. The zero-order chi connectivity index (χ0) is 28.1. The maximum Gasteiger partial charge on any atom is 0.323 e. The van der Waals surface area contributed by atoms with E-state index in [9.17, 15) is 19.2 Å². The molecule has 0 aromatic carbocycles. The highest BCUT2D eigenvalue weighted by Crippen LogP contribution is 2.18. The Bertz CT molecular complexity index is 874. The molecule has 0 radical (unpaired) electrons. The fraction of sp³-hybridized carbons (Fsp3) is 0.654. The largest absolute Gasteiger partial charge is 0.469 e. The van der Waals surface area contributed by atoms with Crippen LogP contribution in [0.4, 0.5) is 0 Å². The van der Waals surface area contributed by atoms with Gasteiger partial charge in [0.25, 0.3) is 0 Å². The second kappa shape index (κ2) is 16.0. The number of ether oxygens (including phenoxy) is 4. The van der Waals surface area contributed by atoms with Gasteiger partial charge >= 0.3 is 23.9 Å². The van der Waals surface area contributed by atoms with Crippen LogP contribution in [0.15, 0.2) is 18.2 Å². The summed E-state index contributed by atoms with van der Waals surface area (Å²) in [6.45, 7) is 3.00. The summed E-state index contributed by atoms with van der Waals surface area (Å²) in [6, 6.07) is 4.36. The molecule has 1 aliphatic heterocycles. The highest BCUT2D eigenvalue weighted by molar-refractivity contribution is 5.78. The Morgan fingerprint density at radius 1 is 0.737 bits per heavy atom. The summed E-state index contributed by atoms with van der Waals surface area (Å²) in [5, 5.41) is 0. The number of likely N-dealkylation sites (N-methyl/N-ethyl adjacent to an activating group) is 1. The predicted octanol–water partition coefficient (Wildman–Crippen LogP) is 0.621. The molecule has 2 atom stereocenters. The van der Waals surface area contributed by atoms with Gasteiger partial charge in [0.1, 0.15) is 12.1 Å². The first kappa shape index (κ1) is 31.1. The third-order valence-electron chi connectivity index (χ3n) is 6.66. The van der Waals surface area contributed by atoms with Crippen LogP contribution < -0.4 is 0 Å². The van der Waals surface area contributed by atoms with Crippen LogP contribution in [0, 0.1) is 0 Å². The Hall–Kier alpha value is -3.09. The molecule has 1 aliphatic rings. The molecule has 0 amide bonds. The number of pyridine rings is 1. The molecule has 0 fully saturated rings. The van der Waals surface area contributed by atoms with Crippen molar-refractivity contribution in [3.63, 3.8) is 0 Å². The number of hydrogen-bond donors (Lipinski definition) is 0. The molecule has 0 saturated carbocycles. The van der Waals surface area contributed by atoms with Gasteiger partial charge in [-0.05, 0) is 32.0 Å². The van der Waals surface area contributed by atoms with E-state index in [1.54, 1.807) is 0 Å². The predicted molar refractivity (Wildman–Crippen MR) is 137 cm³/mol. The molecule has 1 aromatic rings. The summed E-state index contributed by atoms with van der Waals surface area (Å²) in [6.07, 6.45) is 0.701. The van der Waals surface area contributed by atoms with Crippen molar-refractivity contribution in [3.05, 3.63) is 29.6 Å². The molecule has 0 N–H and O–H groups in total. The monoisotopic (exact) mass is 536 g/mol.